The van der Waals surface area contributed by atoms with Crippen LogP contribution in [0.3, 0.4) is 0 Å². The molecular weight excluding hydrogens is 444 g/mol. The van der Waals surface area contributed by atoms with E-state index in [0.29, 0.717) is 39.7 Å². The molecule has 0 aliphatic heterocycles. The van der Waals surface area contributed by atoms with Gasteiger partial charge < -0.3 is 13.9 Å². The maximum atomic E-state index is 12.4. The van der Waals surface area contributed by atoms with E-state index in [1.54, 1.807) is 54.6 Å². The maximum Gasteiger partial charge on any atom is 0.349 e. The number of hydrogen-bond acceptors (Lipinski definition) is 6. The van der Waals surface area contributed by atoms with Crippen molar-refractivity contribution in [1.82, 2.24) is 5.43 Å². The predicted molar refractivity (Wildman–Crippen MR) is 126 cm³/mol. The molecule has 8 heteroatoms. The molecule has 3 aromatic carbocycles. The van der Waals surface area contributed by atoms with Crippen LogP contribution in [0.1, 0.15) is 21.5 Å². The number of halogens is 1. The van der Waals surface area contributed by atoms with Crippen LogP contribution < -0.4 is 20.5 Å². The van der Waals surface area contributed by atoms with Gasteiger partial charge in [0.1, 0.15) is 17.8 Å². The SMILES string of the molecule is COc1cc(C=NNC(=O)c2cc3ccccc3oc2=O)ccc1OCc1ccc(Cl)cc1. The first kappa shape index (κ1) is 22.1. The van der Waals surface area contributed by atoms with Crippen molar-refractivity contribution in [3.8, 4) is 11.5 Å². The molecule has 0 unspecified atom stereocenters. The number of fused-ring (bicyclic) bond motifs is 1. The van der Waals surface area contributed by atoms with Crippen molar-refractivity contribution >= 4 is 34.7 Å². The van der Waals surface area contributed by atoms with E-state index in [4.69, 9.17) is 25.5 Å². The summed E-state index contributed by atoms with van der Waals surface area (Å²) >= 11 is 5.90. The second-order valence-electron chi connectivity index (χ2n) is 7.01. The number of carbonyl (C=O) groups excluding carboxylic acids is 1. The molecule has 33 heavy (non-hydrogen) atoms. The highest BCUT2D eigenvalue weighted by Crippen LogP contribution is 2.28. The molecule has 1 N–H and O–H groups in total. The van der Waals surface area contributed by atoms with Gasteiger partial charge in [0.05, 0.1) is 13.3 Å². The summed E-state index contributed by atoms with van der Waals surface area (Å²) in [5.74, 6) is 0.400. The summed E-state index contributed by atoms with van der Waals surface area (Å²) in [7, 11) is 1.53. The molecule has 0 saturated heterocycles. The third-order valence-corrected chi connectivity index (χ3v) is 5.01. The van der Waals surface area contributed by atoms with Crippen LogP contribution in [0.2, 0.25) is 5.02 Å². The van der Waals surface area contributed by atoms with E-state index in [2.05, 4.69) is 10.5 Å². The Hall–Kier alpha value is -4.10. The molecule has 7 nitrogen and oxygen atoms in total. The second kappa shape index (κ2) is 10.0. The number of ether oxygens (including phenoxy) is 2. The predicted octanol–water partition coefficient (Wildman–Crippen LogP) is 4.80. The Labute approximate surface area is 194 Å². The van der Waals surface area contributed by atoms with Gasteiger partial charge in [0.15, 0.2) is 11.5 Å². The minimum atomic E-state index is -0.731. The molecule has 0 radical (unpaired) electrons. The van der Waals surface area contributed by atoms with Crippen LogP contribution in [-0.2, 0) is 6.61 Å². The fraction of sp³-hybridized carbons (Fsp3) is 0.0800. The van der Waals surface area contributed by atoms with Crippen LogP contribution in [0.25, 0.3) is 11.0 Å². The molecule has 0 fully saturated rings. The number of amides is 1. The highest BCUT2D eigenvalue weighted by Gasteiger charge is 2.13. The fourth-order valence-electron chi connectivity index (χ4n) is 3.07. The minimum absolute atomic E-state index is 0.130. The molecule has 0 atom stereocenters. The van der Waals surface area contributed by atoms with Gasteiger partial charge in [-0.15, -0.1) is 0 Å². The molecule has 0 saturated carbocycles. The van der Waals surface area contributed by atoms with Crippen LogP contribution in [0.15, 0.2) is 87.1 Å². The zero-order valence-corrected chi connectivity index (χ0v) is 18.3. The van der Waals surface area contributed by atoms with Gasteiger partial charge in [-0.2, -0.15) is 5.10 Å². The lowest BCUT2D eigenvalue weighted by atomic mass is 10.2. The Morgan fingerprint density at radius 1 is 1.06 bits per heavy atom. The standard InChI is InChI=1S/C25H19ClN2O5/c1-31-23-12-17(8-11-22(23)32-15-16-6-9-19(26)10-7-16)14-27-28-24(29)20-13-18-4-2-3-5-21(18)33-25(20)30/h2-14H,15H2,1H3,(H,28,29). The lowest BCUT2D eigenvalue weighted by Gasteiger charge is -2.11. The van der Waals surface area contributed by atoms with Crippen LogP contribution in [0.4, 0.5) is 0 Å². The van der Waals surface area contributed by atoms with Crippen molar-refractivity contribution in [1.29, 1.82) is 0 Å². The lowest BCUT2D eigenvalue weighted by molar-refractivity contribution is 0.0951. The number of methoxy groups -OCH3 is 1. The fourth-order valence-corrected chi connectivity index (χ4v) is 3.20. The lowest BCUT2D eigenvalue weighted by Crippen LogP contribution is -2.24. The molecule has 1 heterocycles. The zero-order valence-electron chi connectivity index (χ0n) is 17.6. The van der Waals surface area contributed by atoms with Gasteiger partial charge in [0.2, 0.25) is 0 Å². The summed E-state index contributed by atoms with van der Waals surface area (Å²) in [6.07, 6.45) is 1.44. The van der Waals surface area contributed by atoms with E-state index in [9.17, 15) is 9.59 Å². The van der Waals surface area contributed by atoms with Crippen LogP contribution in [0, 0.1) is 0 Å². The summed E-state index contributed by atoms with van der Waals surface area (Å²) in [5, 5.41) is 5.24. The van der Waals surface area contributed by atoms with E-state index >= 15 is 0 Å². The number of nitrogens with one attached hydrogen (secondary N) is 1. The first-order chi connectivity index (χ1) is 16.0. The number of hydrazone groups is 1. The van der Waals surface area contributed by atoms with Gasteiger partial charge in [-0.3, -0.25) is 4.79 Å². The molecule has 1 amide bonds. The van der Waals surface area contributed by atoms with Crippen LogP contribution in [-0.4, -0.2) is 19.2 Å². The van der Waals surface area contributed by atoms with E-state index in [1.807, 2.05) is 12.1 Å². The highest BCUT2D eigenvalue weighted by atomic mass is 35.5. The number of hydrogen-bond donors (Lipinski definition) is 1. The van der Waals surface area contributed by atoms with Crippen molar-refractivity contribution in [3.63, 3.8) is 0 Å². The van der Waals surface area contributed by atoms with E-state index in [-0.39, 0.29) is 5.56 Å². The van der Waals surface area contributed by atoms with E-state index < -0.39 is 11.5 Å². The quantitative estimate of drug-likeness (QED) is 0.242. The Morgan fingerprint density at radius 2 is 1.85 bits per heavy atom. The zero-order chi connectivity index (χ0) is 23.2. The molecule has 0 aliphatic carbocycles. The molecule has 0 bridgehead atoms. The summed E-state index contributed by atoms with van der Waals surface area (Å²) in [5.41, 5.74) is 3.52. The Morgan fingerprint density at radius 3 is 2.64 bits per heavy atom. The summed E-state index contributed by atoms with van der Waals surface area (Å²) < 4.78 is 16.4. The number of nitrogens with zero attached hydrogens (tertiary/aromatic N) is 1. The molecule has 0 spiro atoms. The molecule has 166 valence electrons. The van der Waals surface area contributed by atoms with Crippen molar-refractivity contribution in [3.05, 3.63) is 105 Å². The Bertz CT molecular complexity index is 1380. The van der Waals surface area contributed by atoms with Crippen LogP contribution >= 0.6 is 11.6 Å². The molecule has 4 aromatic rings. The van der Waals surface area contributed by atoms with Gasteiger partial charge in [0.25, 0.3) is 5.91 Å². The third-order valence-electron chi connectivity index (χ3n) is 4.76. The molecule has 0 aliphatic rings. The van der Waals surface area contributed by atoms with Gasteiger partial charge in [-0.1, -0.05) is 41.9 Å². The van der Waals surface area contributed by atoms with Crippen molar-refractivity contribution in [2.75, 3.05) is 7.11 Å². The number of carbonyl (C=O) groups is 1. The second-order valence-corrected chi connectivity index (χ2v) is 7.45. The summed E-state index contributed by atoms with van der Waals surface area (Å²) in [4.78, 5) is 24.5. The molecule has 4 rings (SSSR count). The van der Waals surface area contributed by atoms with Gasteiger partial charge >= 0.3 is 5.63 Å². The monoisotopic (exact) mass is 462 g/mol. The molecular formula is C25H19ClN2O5. The van der Waals surface area contributed by atoms with E-state index in [1.165, 1.54) is 19.4 Å². The van der Waals surface area contributed by atoms with Gasteiger partial charge in [-0.05, 0) is 53.6 Å². The van der Waals surface area contributed by atoms with Crippen molar-refractivity contribution in [2.24, 2.45) is 5.10 Å². The molecule has 1 aromatic heterocycles. The van der Waals surface area contributed by atoms with Crippen molar-refractivity contribution in [2.45, 2.75) is 6.61 Å². The van der Waals surface area contributed by atoms with Gasteiger partial charge in [-0.25, -0.2) is 10.2 Å². The Balaban J connectivity index is 1.42. The van der Waals surface area contributed by atoms with Gasteiger partial charge in [0, 0.05) is 10.4 Å². The number of benzene rings is 3. The average Bonchev–Trinajstić information content (AvgIpc) is 2.83. The normalized spacial score (nSPS) is 11.0. The van der Waals surface area contributed by atoms with E-state index in [0.717, 1.165) is 5.56 Å². The highest BCUT2D eigenvalue weighted by molar-refractivity contribution is 6.30. The maximum absolute atomic E-state index is 12.4. The first-order valence-corrected chi connectivity index (χ1v) is 10.3. The minimum Gasteiger partial charge on any atom is -0.493 e. The van der Waals surface area contributed by atoms with Crippen LogP contribution in [0.5, 0.6) is 11.5 Å². The topological polar surface area (TPSA) is 90.1 Å². The first-order valence-electron chi connectivity index (χ1n) is 9.95. The largest absolute Gasteiger partial charge is 0.493 e. The third kappa shape index (κ3) is 5.39. The number of para-hydroxylation sites is 1. The summed E-state index contributed by atoms with van der Waals surface area (Å²) in [6.45, 7) is 0.353. The smallest absolute Gasteiger partial charge is 0.349 e. The van der Waals surface area contributed by atoms with Crippen molar-refractivity contribution < 1.29 is 18.7 Å². The Kier molecular flexibility index (Phi) is 6.71. The number of rotatable bonds is 7. The summed E-state index contributed by atoms with van der Waals surface area (Å²) in [6, 6.07) is 21.0. The average molecular weight is 463 g/mol.